The second-order valence-electron chi connectivity index (χ2n) is 7.40. The van der Waals surface area contributed by atoms with Crippen molar-refractivity contribution in [3.8, 4) is 12.1 Å². The molecule has 0 atom stereocenters. The van der Waals surface area contributed by atoms with Crippen LogP contribution in [0, 0.1) is 29.6 Å². The molecule has 3 aromatic rings. The van der Waals surface area contributed by atoms with Gasteiger partial charge in [0, 0.05) is 30.7 Å². The zero-order chi connectivity index (χ0) is 24.2. The van der Waals surface area contributed by atoms with Crippen molar-refractivity contribution < 1.29 is 17.0 Å². The second-order valence-corrected chi connectivity index (χ2v) is 9.02. The minimum atomic E-state index is -3.86. The van der Waals surface area contributed by atoms with Crippen molar-refractivity contribution in [1.82, 2.24) is 0 Å². The van der Waals surface area contributed by atoms with Crippen molar-refractivity contribution in [2.24, 2.45) is 0 Å². The monoisotopic (exact) mass is 463 g/mol. The Morgan fingerprint density at radius 1 is 1.09 bits per heavy atom. The molecular formula is C24H21N3O5S. The molecular weight excluding hydrogens is 442 g/mol. The van der Waals surface area contributed by atoms with Gasteiger partial charge in [0.25, 0.3) is 10.1 Å². The fourth-order valence-corrected chi connectivity index (χ4v) is 4.01. The summed E-state index contributed by atoms with van der Waals surface area (Å²) < 4.78 is 35.2. The Labute approximate surface area is 191 Å². The van der Waals surface area contributed by atoms with Crippen LogP contribution in [0.15, 0.2) is 68.2 Å². The Bertz CT molecular complexity index is 1460. The van der Waals surface area contributed by atoms with Crippen LogP contribution in [0.25, 0.3) is 16.5 Å². The van der Waals surface area contributed by atoms with Crippen LogP contribution < -0.4 is 10.5 Å². The number of hydrogen-bond donors (Lipinski definition) is 0. The van der Waals surface area contributed by atoms with Gasteiger partial charge in [0.15, 0.2) is 0 Å². The molecule has 0 N–H and O–H groups in total. The highest BCUT2D eigenvalue weighted by Crippen LogP contribution is 2.24. The second kappa shape index (κ2) is 9.70. The first-order valence-electron chi connectivity index (χ1n) is 9.93. The zero-order valence-electron chi connectivity index (χ0n) is 18.3. The van der Waals surface area contributed by atoms with E-state index in [9.17, 15) is 13.2 Å². The molecule has 1 aromatic heterocycles. The van der Waals surface area contributed by atoms with E-state index in [1.54, 1.807) is 60.5 Å². The Hall–Kier alpha value is -3.92. The molecule has 9 heteroatoms. The fourth-order valence-electron chi connectivity index (χ4n) is 3.11. The molecule has 3 rings (SSSR count). The van der Waals surface area contributed by atoms with Crippen molar-refractivity contribution in [2.45, 2.75) is 18.7 Å². The summed E-state index contributed by atoms with van der Waals surface area (Å²) >= 11 is 0. The van der Waals surface area contributed by atoms with Crippen LogP contribution in [-0.2, 0) is 14.3 Å². The molecule has 0 saturated carbocycles. The van der Waals surface area contributed by atoms with E-state index in [0.29, 0.717) is 16.7 Å². The van der Waals surface area contributed by atoms with Gasteiger partial charge in [-0.1, -0.05) is 17.7 Å². The number of aryl methyl sites for hydroxylation is 1. The summed E-state index contributed by atoms with van der Waals surface area (Å²) in [6, 6.07) is 16.7. The van der Waals surface area contributed by atoms with Crippen LogP contribution in [0.4, 0.5) is 5.69 Å². The largest absolute Gasteiger partial charge is 0.422 e. The molecule has 33 heavy (non-hydrogen) atoms. The number of nitriles is 2. The number of anilines is 1. The van der Waals surface area contributed by atoms with Crippen molar-refractivity contribution in [3.63, 3.8) is 0 Å². The molecule has 0 bridgehead atoms. The average Bonchev–Trinajstić information content (AvgIpc) is 2.79. The Morgan fingerprint density at radius 3 is 2.39 bits per heavy atom. The maximum absolute atomic E-state index is 12.4. The van der Waals surface area contributed by atoms with Gasteiger partial charge in [-0.3, -0.25) is 4.18 Å². The SMILES string of the molecule is CC(=C(C#N)C#N)c1cc2ccc(N(C)CCOS(=O)(=O)c3ccc(C)cc3)cc2oc1=O. The van der Waals surface area contributed by atoms with Gasteiger partial charge in [0.1, 0.15) is 23.3 Å². The standard InChI is InChI=1S/C24H21N3O5S/c1-16-4-8-21(9-5-16)33(29,30)31-11-10-27(3)20-7-6-18-12-22(17(2)19(14-25)15-26)24(28)32-23(18)13-20/h4-9,12-13H,10-11H2,1-3H3. The van der Waals surface area contributed by atoms with E-state index in [1.807, 2.05) is 6.92 Å². The number of rotatable bonds is 7. The highest BCUT2D eigenvalue weighted by atomic mass is 32.2. The van der Waals surface area contributed by atoms with Crippen molar-refractivity contribution >= 4 is 32.3 Å². The van der Waals surface area contributed by atoms with Gasteiger partial charge in [0.2, 0.25) is 0 Å². The van der Waals surface area contributed by atoms with Gasteiger partial charge in [-0.15, -0.1) is 0 Å². The quantitative estimate of drug-likeness (QED) is 0.295. The van der Waals surface area contributed by atoms with Gasteiger partial charge in [-0.2, -0.15) is 18.9 Å². The normalized spacial score (nSPS) is 10.9. The van der Waals surface area contributed by atoms with Gasteiger partial charge >= 0.3 is 5.63 Å². The molecule has 0 saturated heterocycles. The molecule has 8 nitrogen and oxygen atoms in total. The predicted molar refractivity (Wildman–Crippen MR) is 124 cm³/mol. The van der Waals surface area contributed by atoms with Crippen molar-refractivity contribution in [1.29, 1.82) is 10.5 Å². The molecule has 0 aliphatic heterocycles. The Balaban J connectivity index is 1.76. The molecule has 0 unspecified atom stereocenters. The molecule has 168 valence electrons. The summed E-state index contributed by atoms with van der Waals surface area (Å²) in [7, 11) is -2.10. The van der Waals surface area contributed by atoms with E-state index in [2.05, 4.69) is 0 Å². The zero-order valence-corrected chi connectivity index (χ0v) is 19.1. The molecule has 0 fully saturated rings. The molecule has 1 heterocycles. The molecule has 0 radical (unpaired) electrons. The number of hydrogen-bond acceptors (Lipinski definition) is 8. The van der Waals surface area contributed by atoms with E-state index < -0.39 is 15.7 Å². The number of benzene rings is 2. The first kappa shape index (κ1) is 23.7. The highest BCUT2D eigenvalue weighted by molar-refractivity contribution is 7.86. The van der Waals surface area contributed by atoms with Gasteiger partial charge in [-0.05, 0) is 49.8 Å². The van der Waals surface area contributed by atoms with E-state index in [4.69, 9.17) is 19.1 Å². The Kier molecular flexibility index (Phi) is 6.98. The summed E-state index contributed by atoms with van der Waals surface area (Å²) in [5.41, 5.74) is 1.56. The lowest BCUT2D eigenvalue weighted by Crippen LogP contribution is -2.24. The van der Waals surface area contributed by atoms with Crippen LogP contribution in [-0.4, -0.2) is 28.6 Å². The summed E-state index contributed by atoms with van der Waals surface area (Å²) in [4.78, 5) is 14.3. The fraction of sp³-hybridized carbons (Fsp3) is 0.208. The third kappa shape index (κ3) is 5.29. The van der Waals surface area contributed by atoms with Gasteiger partial charge in [-0.25, -0.2) is 4.79 Å². The van der Waals surface area contributed by atoms with E-state index in [0.717, 1.165) is 5.56 Å². The molecule has 0 amide bonds. The average molecular weight is 464 g/mol. The summed E-state index contributed by atoms with van der Waals surface area (Å²) in [6.07, 6.45) is 0. The maximum atomic E-state index is 12.4. The van der Waals surface area contributed by atoms with E-state index in [-0.39, 0.29) is 34.8 Å². The molecule has 0 aliphatic carbocycles. The van der Waals surface area contributed by atoms with Crippen molar-refractivity contribution in [3.05, 3.63) is 75.7 Å². The van der Waals surface area contributed by atoms with Crippen LogP contribution >= 0.6 is 0 Å². The highest BCUT2D eigenvalue weighted by Gasteiger charge is 2.16. The van der Waals surface area contributed by atoms with Crippen LogP contribution in [0.1, 0.15) is 18.1 Å². The molecule has 0 spiro atoms. The first-order chi connectivity index (χ1) is 15.7. The van der Waals surface area contributed by atoms with Crippen LogP contribution in [0.2, 0.25) is 0 Å². The summed E-state index contributed by atoms with van der Waals surface area (Å²) in [5, 5.41) is 18.7. The van der Waals surface area contributed by atoms with E-state index in [1.165, 1.54) is 19.1 Å². The molecule has 0 aliphatic rings. The van der Waals surface area contributed by atoms with Crippen molar-refractivity contribution in [2.75, 3.05) is 25.1 Å². The number of allylic oxidation sites excluding steroid dienone is 2. The summed E-state index contributed by atoms with van der Waals surface area (Å²) in [5.74, 6) is 0. The third-order valence-corrected chi connectivity index (χ3v) is 6.46. The predicted octanol–water partition coefficient (Wildman–Crippen LogP) is 3.76. The number of likely N-dealkylation sites (N-methyl/N-ethyl adjacent to an activating group) is 1. The lowest BCUT2D eigenvalue weighted by atomic mass is 10.0. The van der Waals surface area contributed by atoms with Gasteiger partial charge < -0.3 is 9.32 Å². The lowest BCUT2D eigenvalue weighted by molar-refractivity contribution is 0.325. The lowest BCUT2D eigenvalue weighted by Gasteiger charge is -2.19. The van der Waals surface area contributed by atoms with Crippen LogP contribution in [0.3, 0.4) is 0 Å². The van der Waals surface area contributed by atoms with Crippen LogP contribution in [0.5, 0.6) is 0 Å². The first-order valence-corrected chi connectivity index (χ1v) is 11.3. The Morgan fingerprint density at radius 2 is 1.76 bits per heavy atom. The number of fused-ring (bicyclic) bond motifs is 1. The van der Waals surface area contributed by atoms with Gasteiger partial charge in [0.05, 0.1) is 17.1 Å². The number of nitrogens with zero attached hydrogens (tertiary/aromatic N) is 3. The topological polar surface area (TPSA) is 124 Å². The third-order valence-electron chi connectivity index (χ3n) is 5.14. The smallest absolute Gasteiger partial charge is 0.343 e. The van der Waals surface area contributed by atoms with E-state index >= 15 is 0 Å². The minimum absolute atomic E-state index is 0.0667. The maximum Gasteiger partial charge on any atom is 0.343 e. The molecule has 2 aromatic carbocycles. The summed E-state index contributed by atoms with van der Waals surface area (Å²) in [6.45, 7) is 3.59. The minimum Gasteiger partial charge on any atom is -0.422 e.